The number of aliphatic hydroxyl groups excluding tert-OH is 1. The van der Waals surface area contributed by atoms with Crippen molar-refractivity contribution in [2.75, 3.05) is 25.0 Å². The van der Waals surface area contributed by atoms with Crippen molar-refractivity contribution in [3.63, 3.8) is 0 Å². The molecule has 0 aromatic heterocycles. The van der Waals surface area contributed by atoms with E-state index in [-0.39, 0.29) is 30.6 Å². The highest BCUT2D eigenvalue weighted by Gasteiger charge is 2.15. The lowest BCUT2D eigenvalue weighted by Gasteiger charge is -2.24. The van der Waals surface area contributed by atoms with Crippen LogP contribution in [0.3, 0.4) is 0 Å². The number of nitrogens with one attached hydrogen (secondary N) is 2. The first-order chi connectivity index (χ1) is 10.9. The summed E-state index contributed by atoms with van der Waals surface area (Å²) < 4.78 is 0. The molecule has 3 unspecified atom stereocenters. The summed E-state index contributed by atoms with van der Waals surface area (Å²) in [6.45, 7) is 11.7. The number of hydrogen-bond acceptors (Lipinski definition) is 3. The van der Waals surface area contributed by atoms with Gasteiger partial charge in [0.1, 0.15) is 0 Å². The van der Waals surface area contributed by atoms with Crippen LogP contribution in [0.5, 0.6) is 0 Å². The largest absolute Gasteiger partial charge is 0.396 e. The van der Waals surface area contributed by atoms with Gasteiger partial charge < -0.3 is 20.6 Å². The second-order valence-corrected chi connectivity index (χ2v) is 6.06. The van der Waals surface area contributed by atoms with E-state index in [9.17, 15) is 9.90 Å². The number of urea groups is 1. The van der Waals surface area contributed by atoms with E-state index in [1.54, 1.807) is 4.90 Å². The Hall–Kier alpha value is -1.59. The number of hydrogen-bond donors (Lipinski definition) is 3. The number of aliphatic hydroxyl groups is 1. The Balaban J connectivity index is 2.64. The molecule has 1 aromatic rings. The fraction of sp³-hybridized carbons (Fsp3) is 0.611. The minimum absolute atomic E-state index is 0.0701. The first kappa shape index (κ1) is 19.5. The van der Waals surface area contributed by atoms with Gasteiger partial charge in [0.05, 0.1) is 0 Å². The maximum atomic E-state index is 12.0. The van der Waals surface area contributed by atoms with Crippen molar-refractivity contribution in [1.29, 1.82) is 0 Å². The van der Waals surface area contributed by atoms with Gasteiger partial charge in [0, 0.05) is 37.5 Å². The van der Waals surface area contributed by atoms with Crippen molar-refractivity contribution in [1.82, 2.24) is 10.2 Å². The molecular weight excluding hydrogens is 290 g/mol. The van der Waals surface area contributed by atoms with Crippen LogP contribution in [0.1, 0.15) is 46.2 Å². The molecule has 0 spiro atoms. The number of anilines is 1. The Bertz CT molecular complexity index is 472. The summed E-state index contributed by atoms with van der Waals surface area (Å²) in [5, 5.41) is 15.6. The van der Waals surface area contributed by atoms with Crippen LogP contribution in [0.4, 0.5) is 10.5 Å². The number of nitrogens with zero attached hydrogens (tertiary/aromatic N) is 1. The second kappa shape index (κ2) is 9.53. The van der Waals surface area contributed by atoms with Gasteiger partial charge in [0.2, 0.25) is 0 Å². The highest BCUT2D eigenvalue weighted by molar-refractivity contribution is 5.89. The smallest absolute Gasteiger partial charge is 0.321 e. The summed E-state index contributed by atoms with van der Waals surface area (Å²) in [7, 11) is 0. The van der Waals surface area contributed by atoms with E-state index in [4.69, 9.17) is 0 Å². The predicted octanol–water partition coefficient (Wildman–Crippen LogP) is 3.23. The van der Waals surface area contributed by atoms with Gasteiger partial charge in [0.15, 0.2) is 0 Å². The quantitative estimate of drug-likeness (QED) is 0.689. The molecule has 0 radical (unpaired) electrons. The maximum absolute atomic E-state index is 12.0. The molecule has 130 valence electrons. The van der Waals surface area contributed by atoms with Crippen LogP contribution in [-0.4, -0.2) is 41.8 Å². The molecule has 0 bridgehead atoms. The molecule has 0 aliphatic carbocycles. The molecule has 0 heterocycles. The molecule has 0 aliphatic heterocycles. The van der Waals surface area contributed by atoms with Crippen LogP contribution in [0, 0.1) is 5.92 Å². The fourth-order valence-corrected chi connectivity index (χ4v) is 2.38. The van der Waals surface area contributed by atoms with Crippen LogP contribution in [0.15, 0.2) is 24.3 Å². The number of amides is 2. The third-order valence-corrected chi connectivity index (χ3v) is 4.37. The van der Waals surface area contributed by atoms with Gasteiger partial charge in [-0.05, 0) is 51.3 Å². The van der Waals surface area contributed by atoms with Crippen molar-refractivity contribution in [2.24, 2.45) is 5.92 Å². The highest BCUT2D eigenvalue weighted by atomic mass is 16.3. The number of benzene rings is 1. The summed E-state index contributed by atoms with van der Waals surface area (Å²) >= 11 is 0. The molecule has 0 fully saturated rings. The second-order valence-electron chi connectivity index (χ2n) is 6.06. The Morgan fingerprint density at radius 2 is 1.70 bits per heavy atom. The summed E-state index contributed by atoms with van der Waals surface area (Å²) in [6, 6.07) is 8.24. The molecule has 1 aromatic carbocycles. The zero-order valence-electron chi connectivity index (χ0n) is 15.0. The Kier molecular flexibility index (Phi) is 8.06. The van der Waals surface area contributed by atoms with Crippen molar-refractivity contribution in [3.8, 4) is 0 Å². The minimum atomic E-state index is -0.0701. The summed E-state index contributed by atoms with van der Waals surface area (Å²) in [4.78, 5) is 13.8. The summed E-state index contributed by atoms with van der Waals surface area (Å²) in [5.41, 5.74) is 1.96. The van der Waals surface area contributed by atoms with Gasteiger partial charge in [0.25, 0.3) is 0 Å². The molecule has 0 saturated heterocycles. The van der Waals surface area contributed by atoms with Gasteiger partial charge in [-0.25, -0.2) is 4.79 Å². The zero-order valence-corrected chi connectivity index (χ0v) is 15.0. The van der Waals surface area contributed by atoms with Gasteiger partial charge in [-0.15, -0.1) is 0 Å². The minimum Gasteiger partial charge on any atom is -0.396 e. The molecule has 23 heavy (non-hydrogen) atoms. The van der Waals surface area contributed by atoms with Gasteiger partial charge in [-0.1, -0.05) is 19.1 Å². The van der Waals surface area contributed by atoms with Crippen LogP contribution in [0.25, 0.3) is 0 Å². The lowest BCUT2D eigenvalue weighted by molar-refractivity contribution is 0.202. The first-order valence-electron chi connectivity index (χ1n) is 8.45. The van der Waals surface area contributed by atoms with Crippen LogP contribution in [-0.2, 0) is 0 Å². The number of rotatable bonds is 8. The Morgan fingerprint density at radius 1 is 1.13 bits per heavy atom. The topological polar surface area (TPSA) is 64.6 Å². The molecule has 3 atom stereocenters. The van der Waals surface area contributed by atoms with Crippen molar-refractivity contribution < 1.29 is 9.90 Å². The van der Waals surface area contributed by atoms with E-state index >= 15 is 0 Å². The van der Waals surface area contributed by atoms with E-state index in [0.29, 0.717) is 13.1 Å². The molecule has 3 N–H and O–H groups in total. The third kappa shape index (κ3) is 5.84. The standard InChI is InChI=1S/C18H31N3O2/c1-6-21(7-2)18(23)20-17-10-8-16(9-11-17)15(5)19-14(4)13(3)12-22/h8-11,13-15,19,22H,6-7,12H2,1-5H3,(H,20,23). The van der Waals surface area contributed by atoms with E-state index in [2.05, 4.69) is 24.5 Å². The molecule has 5 heteroatoms. The average Bonchev–Trinajstić information content (AvgIpc) is 2.55. The average molecular weight is 321 g/mol. The van der Waals surface area contributed by atoms with E-state index in [1.807, 2.05) is 45.0 Å². The number of carbonyl (C=O) groups excluding carboxylic acids is 1. The first-order valence-corrected chi connectivity index (χ1v) is 8.45. The van der Waals surface area contributed by atoms with E-state index in [0.717, 1.165) is 11.3 Å². The van der Waals surface area contributed by atoms with Crippen LogP contribution >= 0.6 is 0 Å². The van der Waals surface area contributed by atoms with Crippen molar-refractivity contribution >= 4 is 11.7 Å². The monoisotopic (exact) mass is 321 g/mol. The van der Waals surface area contributed by atoms with Gasteiger partial charge in [-0.3, -0.25) is 0 Å². The number of carbonyl (C=O) groups is 1. The summed E-state index contributed by atoms with van der Waals surface area (Å²) in [5.74, 6) is 0.213. The Labute approximate surface area is 140 Å². The normalized spacial score (nSPS) is 14.9. The van der Waals surface area contributed by atoms with Crippen molar-refractivity contribution in [2.45, 2.75) is 46.7 Å². The van der Waals surface area contributed by atoms with Gasteiger partial charge in [-0.2, -0.15) is 0 Å². The van der Waals surface area contributed by atoms with E-state index < -0.39 is 0 Å². The lowest BCUT2D eigenvalue weighted by Crippen LogP contribution is -2.35. The lowest BCUT2D eigenvalue weighted by atomic mass is 10.0. The predicted molar refractivity (Wildman–Crippen MR) is 95.6 cm³/mol. The Morgan fingerprint density at radius 3 is 2.17 bits per heavy atom. The van der Waals surface area contributed by atoms with Crippen LogP contribution in [0.2, 0.25) is 0 Å². The molecule has 2 amide bonds. The maximum Gasteiger partial charge on any atom is 0.321 e. The molecule has 5 nitrogen and oxygen atoms in total. The third-order valence-electron chi connectivity index (χ3n) is 4.37. The SMILES string of the molecule is CCN(CC)C(=O)Nc1ccc(C(C)NC(C)C(C)CO)cc1. The molecule has 0 saturated carbocycles. The summed E-state index contributed by atoms with van der Waals surface area (Å²) in [6.07, 6.45) is 0. The van der Waals surface area contributed by atoms with Gasteiger partial charge >= 0.3 is 6.03 Å². The molecular formula is C18H31N3O2. The molecule has 0 aliphatic rings. The van der Waals surface area contributed by atoms with Crippen molar-refractivity contribution in [3.05, 3.63) is 29.8 Å². The molecule has 1 rings (SSSR count). The fourth-order valence-electron chi connectivity index (χ4n) is 2.38. The zero-order chi connectivity index (χ0) is 17.4. The highest BCUT2D eigenvalue weighted by Crippen LogP contribution is 2.18. The van der Waals surface area contributed by atoms with E-state index in [1.165, 1.54) is 0 Å². The van der Waals surface area contributed by atoms with Crippen LogP contribution < -0.4 is 10.6 Å².